The number of hydrogen-bond donors (Lipinski definition) is 1. The number of methoxy groups -OCH3 is 1. The van der Waals surface area contributed by atoms with Gasteiger partial charge in [-0.2, -0.15) is 0 Å². The number of sulfonamides is 1. The van der Waals surface area contributed by atoms with Gasteiger partial charge in [0.05, 0.1) is 12.8 Å². The lowest BCUT2D eigenvalue weighted by Gasteiger charge is -2.12. The van der Waals surface area contributed by atoms with E-state index in [-0.39, 0.29) is 10.6 Å². The molecule has 0 spiro atoms. The summed E-state index contributed by atoms with van der Waals surface area (Å²) in [5, 5.41) is 0.328. The lowest BCUT2D eigenvalue weighted by atomic mass is 10.3. The summed E-state index contributed by atoms with van der Waals surface area (Å²) in [6.45, 7) is 0. The molecule has 0 heterocycles. The number of hydrogen-bond acceptors (Lipinski definition) is 3. The van der Waals surface area contributed by atoms with Gasteiger partial charge in [-0.05, 0) is 52.9 Å². The van der Waals surface area contributed by atoms with Gasteiger partial charge in [0.25, 0.3) is 10.0 Å². The molecule has 0 aliphatic carbocycles. The van der Waals surface area contributed by atoms with Crippen LogP contribution in [0.4, 0.5) is 5.69 Å². The molecule has 4 nitrogen and oxygen atoms in total. The standard InChI is InChI=1S/C13H11ClINO3S/c1-19-12-7-6-9(14)8-13(12)20(17,18)16-11-5-3-2-4-10(11)15/h2-8,16H,1H3. The van der Waals surface area contributed by atoms with Crippen LogP contribution in [0.25, 0.3) is 0 Å². The molecule has 0 atom stereocenters. The normalized spacial score (nSPS) is 11.2. The summed E-state index contributed by atoms with van der Waals surface area (Å²) in [6.07, 6.45) is 0. The Hall–Kier alpha value is -0.990. The second-order valence-corrected chi connectivity index (χ2v) is 7.13. The lowest BCUT2D eigenvalue weighted by Crippen LogP contribution is -2.14. The van der Waals surface area contributed by atoms with E-state index in [0.717, 1.165) is 3.57 Å². The molecular formula is C13H11ClINO3S. The fraction of sp³-hybridized carbons (Fsp3) is 0.0769. The van der Waals surface area contributed by atoms with Crippen LogP contribution < -0.4 is 9.46 Å². The minimum absolute atomic E-state index is 0.00662. The van der Waals surface area contributed by atoms with Crippen molar-refractivity contribution < 1.29 is 13.2 Å². The molecule has 106 valence electrons. The third-order valence-electron chi connectivity index (χ3n) is 2.53. The smallest absolute Gasteiger partial charge is 0.265 e. The summed E-state index contributed by atoms with van der Waals surface area (Å²) >= 11 is 7.93. The summed E-state index contributed by atoms with van der Waals surface area (Å²) < 4.78 is 33.3. The van der Waals surface area contributed by atoms with Gasteiger partial charge in [-0.1, -0.05) is 23.7 Å². The molecule has 0 bridgehead atoms. The van der Waals surface area contributed by atoms with E-state index >= 15 is 0 Å². The number of rotatable bonds is 4. The highest BCUT2D eigenvalue weighted by Crippen LogP contribution is 2.29. The molecule has 7 heteroatoms. The number of benzene rings is 2. The molecule has 2 aromatic carbocycles. The van der Waals surface area contributed by atoms with E-state index in [1.54, 1.807) is 18.2 Å². The maximum absolute atomic E-state index is 12.4. The second kappa shape index (κ2) is 6.19. The van der Waals surface area contributed by atoms with Crippen LogP contribution in [-0.4, -0.2) is 15.5 Å². The first-order chi connectivity index (χ1) is 9.44. The molecule has 2 aromatic rings. The number of anilines is 1. The third kappa shape index (κ3) is 3.36. The fourth-order valence-corrected chi connectivity index (χ4v) is 3.82. The van der Waals surface area contributed by atoms with Crippen molar-refractivity contribution in [2.75, 3.05) is 11.8 Å². The second-order valence-electron chi connectivity index (χ2n) is 3.88. The van der Waals surface area contributed by atoms with Crippen molar-refractivity contribution in [2.24, 2.45) is 0 Å². The Balaban J connectivity index is 2.46. The molecule has 0 amide bonds. The zero-order chi connectivity index (χ0) is 14.8. The molecule has 0 unspecified atom stereocenters. The summed E-state index contributed by atoms with van der Waals surface area (Å²) in [4.78, 5) is 0.00662. The van der Waals surface area contributed by atoms with Gasteiger partial charge >= 0.3 is 0 Å². The molecule has 0 saturated carbocycles. The maximum Gasteiger partial charge on any atom is 0.265 e. The lowest BCUT2D eigenvalue weighted by molar-refractivity contribution is 0.403. The molecule has 0 aliphatic rings. The largest absolute Gasteiger partial charge is 0.495 e. The predicted octanol–water partition coefficient (Wildman–Crippen LogP) is 3.75. The minimum Gasteiger partial charge on any atom is -0.495 e. The van der Waals surface area contributed by atoms with Crippen molar-refractivity contribution in [2.45, 2.75) is 4.90 Å². The van der Waals surface area contributed by atoms with E-state index in [1.165, 1.54) is 19.2 Å². The molecule has 2 rings (SSSR count). The van der Waals surface area contributed by atoms with Crippen LogP contribution in [0.3, 0.4) is 0 Å². The van der Waals surface area contributed by atoms with Crippen LogP contribution in [0.2, 0.25) is 5.02 Å². The fourth-order valence-electron chi connectivity index (χ4n) is 1.60. The molecule has 1 N–H and O–H groups in total. The van der Waals surface area contributed by atoms with Crippen LogP contribution in [0.15, 0.2) is 47.4 Å². The van der Waals surface area contributed by atoms with Crippen molar-refractivity contribution in [3.05, 3.63) is 51.1 Å². The van der Waals surface area contributed by atoms with Crippen molar-refractivity contribution in [3.63, 3.8) is 0 Å². The maximum atomic E-state index is 12.4. The highest BCUT2D eigenvalue weighted by molar-refractivity contribution is 14.1. The molecule has 0 radical (unpaired) electrons. The Labute approximate surface area is 136 Å². The summed E-state index contributed by atoms with van der Waals surface area (Å²) in [5.74, 6) is 0.243. The van der Waals surface area contributed by atoms with Crippen molar-refractivity contribution in [3.8, 4) is 5.75 Å². The van der Waals surface area contributed by atoms with Crippen LogP contribution in [-0.2, 0) is 10.0 Å². The SMILES string of the molecule is COc1ccc(Cl)cc1S(=O)(=O)Nc1ccccc1I. The highest BCUT2D eigenvalue weighted by Gasteiger charge is 2.20. The predicted molar refractivity (Wildman–Crippen MR) is 88.0 cm³/mol. The minimum atomic E-state index is -3.77. The van der Waals surface area contributed by atoms with E-state index in [4.69, 9.17) is 16.3 Å². The third-order valence-corrected chi connectivity index (χ3v) is 5.10. The topological polar surface area (TPSA) is 55.4 Å². The van der Waals surface area contributed by atoms with Gasteiger partial charge in [-0.3, -0.25) is 4.72 Å². The Kier molecular flexibility index (Phi) is 4.77. The number of para-hydroxylation sites is 1. The van der Waals surface area contributed by atoms with Gasteiger partial charge < -0.3 is 4.74 Å². The first kappa shape index (κ1) is 15.4. The van der Waals surface area contributed by atoms with Gasteiger partial charge in [-0.15, -0.1) is 0 Å². The summed E-state index contributed by atoms with van der Waals surface area (Å²) in [5.41, 5.74) is 0.509. The first-order valence-corrected chi connectivity index (χ1v) is 8.49. The Bertz CT molecular complexity index is 734. The van der Waals surface area contributed by atoms with Crippen molar-refractivity contribution in [1.29, 1.82) is 0 Å². The van der Waals surface area contributed by atoms with E-state index in [0.29, 0.717) is 10.7 Å². The molecule has 0 fully saturated rings. The van der Waals surface area contributed by atoms with E-state index in [1.807, 2.05) is 12.1 Å². The van der Waals surface area contributed by atoms with Gasteiger partial charge in [-0.25, -0.2) is 8.42 Å². The van der Waals surface area contributed by atoms with Gasteiger partial charge in [0.15, 0.2) is 0 Å². The average molecular weight is 424 g/mol. The van der Waals surface area contributed by atoms with E-state index in [9.17, 15) is 8.42 Å². The van der Waals surface area contributed by atoms with Gasteiger partial charge in [0.2, 0.25) is 0 Å². The zero-order valence-electron chi connectivity index (χ0n) is 10.4. The van der Waals surface area contributed by atoms with E-state index in [2.05, 4.69) is 27.3 Å². The first-order valence-electron chi connectivity index (χ1n) is 5.55. The number of nitrogens with one attached hydrogen (secondary N) is 1. The Morgan fingerprint density at radius 2 is 1.90 bits per heavy atom. The van der Waals surface area contributed by atoms with Crippen molar-refractivity contribution >= 4 is 49.9 Å². The quantitative estimate of drug-likeness (QED) is 0.762. The van der Waals surface area contributed by atoms with Crippen LogP contribution in [0.1, 0.15) is 0 Å². The molecular weight excluding hydrogens is 413 g/mol. The molecule has 0 aromatic heterocycles. The Morgan fingerprint density at radius 3 is 2.55 bits per heavy atom. The molecule has 20 heavy (non-hydrogen) atoms. The van der Waals surface area contributed by atoms with Crippen LogP contribution in [0.5, 0.6) is 5.75 Å². The van der Waals surface area contributed by atoms with Crippen LogP contribution in [0, 0.1) is 3.57 Å². The van der Waals surface area contributed by atoms with Gasteiger partial charge in [0.1, 0.15) is 10.6 Å². The number of halogens is 2. The Morgan fingerprint density at radius 1 is 1.20 bits per heavy atom. The number of ether oxygens (including phenoxy) is 1. The molecule has 0 saturated heterocycles. The molecule has 0 aliphatic heterocycles. The zero-order valence-corrected chi connectivity index (χ0v) is 14.2. The summed E-state index contributed by atoms with van der Waals surface area (Å²) in [6, 6.07) is 11.6. The van der Waals surface area contributed by atoms with E-state index < -0.39 is 10.0 Å². The highest BCUT2D eigenvalue weighted by atomic mass is 127. The monoisotopic (exact) mass is 423 g/mol. The van der Waals surface area contributed by atoms with Crippen molar-refractivity contribution in [1.82, 2.24) is 0 Å². The van der Waals surface area contributed by atoms with Crippen LogP contribution >= 0.6 is 34.2 Å². The average Bonchev–Trinajstić information content (AvgIpc) is 2.41. The van der Waals surface area contributed by atoms with Gasteiger partial charge in [0, 0.05) is 8.59 Å². The summed E-state index contributed by atoms with van der Waals surface area (Å²) in [7, 11) is -2.35.